The summed E-state index contributed by atoms with van der Waals surface area (Å²) in [6.45, 7) is 1.88. The average molecular weight is 349 g/mol. The van der Waals surface area contributed by atoms with Crippen LogP contribution in [-0.2, 0) is 4.79 Å². The summed E-state index contributed by atoms with van der Waals surface area (Å²) < 4.78 is 0.563. The number of carbonyl (C=O) groups is 2. The van der Waals surface area contributed by atoms with Crippen LogP contribution in [0, 0.1) is 6.92 Å². The molecule has 3 heterocycles. The van der Waals surface area contributed by atoms with Crippen molar-refractivity contribution < 1.29 is 9.59 Å². The molecule has 2 N–H and O–H groups in total. The first-order valence-corrected chi connectivity index (χ1v) is 8.11. The van der Waals surface area contributed by atoms with Gasteiger partial charge in [0.1, 0.15) is 0 Å². The molecule has 0 aromatic carbocycles. The Bertz CT molecular complexity index is 887. The summed E-state index contributed by atoms with van der Waals surface area (Å²) in [4.78, 5) is 28.7. The molecule has 23 heavy (non-hydrogen) atoms. The van der Waals surface area contributed by atoms with E-state index < -0.39 is 0 Å². The number of hydrogen-bond acceptors (Lipinski definition) is 5. The van der Waals surface area contributed by atoms with Crippen molar-refractivity contribution in [1.82, 2.24) is 15.2 Å². The molecule has 1 amide bonds. The predicted octanol–water partition coefficient (Wildman–Crippen LogP) is 3.58. The topological polar surface area (TPSA) is 87.7 Å². The molecule has 0 radical (unpaired) electrons. The van der Waals surface area contributed by atoms with Gasteiger partial charge in [-0.1, -0.05) is 11.6 Å². The molecule has 0 aliphatic carbocycles. The van der Waals surface area contributed by atoms with Crippen molar-refractivity contribution in [1.29, 1.82) is 0 Å². The average Bonchev–Trinajstić information content (AvgIpc) is 3.12. The lowest BCUT2D eigenvalue weighted by Crippen LogP contribution is -2.13. The Morgan fingerprint density at radius 3 is 2.91 bits per heavy atom. The van der Waals surface area contributed by atoms with E-state index in [0.717, 1.165) is 11.1 Å². The van der Waals surface area contributed by atoms with Crippen LogP contribution in [0.2, 0.25) is 4.34 Å². The number of fused-ring (bicyclic) bond motifs is 1. The Balaban J connectivity index is 1.60. The van der Waals surface area contributed by atoms with Gasteiger partial charge in [0.05, 0.1) is 21.1 Å². The van der Waals surface area contributed by atoms with E-state index in [1.54, 1.807) is 24.4 Å². The zero-order valence-electron chi connectivity index (χ0n) is 12.2. The lowest BCUT2D eigenvalue weighted by molar-refractivity contribution is -0.116. The largest absolute Gasteiger partial charge is 0.325 e. The first kappa shape index (κ1) is 15.6. The van der Waals surface area contributed by atoms with Crippen molar-refractivity contribution in [3.63, 3.8) is 0 Å². The molecule has 0 saturated heterocycles. The number of halogens is 1. The first-order valence-electron chi connectivity index (χ1n) is 6.92. The molecule has 0 bridgehead atoms. The minimum atomic E-state index is -0.233. The van der Waals surface area contributed by atoms with Gasteiger partial charge in [-0.3, -0.25) is 14.7 Å². The highest BCUT2D eigenvalue weighted by Crippen LogP contribution is 2.23. The van der Waals surface area contributed by atoms with Gasteiger partial charge in [-0.05, 0) is 25.1 Å². The Labute approximate surface area is 140 Å². The van der Waals surface area contributed by atoms with Crippen LogP contribution in [0.3, 0.4) is 0 Å². The van der Waals surface area contributed by atoms with Crippen molar-refractivity contribution >= 4 is 51.3 Å². The van der Waals surface area contributed by atoms with Crippen molar-refractivity contribution in [3.8, 4) is 0 Å². The van der Waals surface area contributed by atoms with Crippen LogP contribution < -0.4 is 5.32 Å². The van der Waals surface area contributed by atoms with Gasteiger partial charge in [-0.2, -0.15) is 5.10 Å². The number of rotatable bonds is 5. The summed E-state index contributed by atoms with van der Waals surface area (Å²) in [5.41, 5.74) is 2.07. The van der Waals surface area contributed by atoms with Crippen LogP contribution in [0.1, 0.15) is 28.2 Å². The molecule has 3 aromatic rings. The summed E-state index contributed by atoms with van der Waals surface area (Å²) in [6, 6.07) is 5.15. The number of pyridine rings is 1. The van der Waals surface area contributed by atoms with Gasteiger partial charge >= 0.3 is 0 Å². The lowest BCUT2D eigenvalue weighted by Gasteiger charge is -2.04. The maximum absolute atomic E-state index is 12.0. The number of nitrogens with zero attached hydrogens (tertiary/aromatic N) is 2. The van der Waals surface area contributed by atoms with E-state index >= 15 is 0 Å². The highest BCUT2D eigenvalue weighted by atomic mass is 35.5. The van der Waals surface area contributed by atoms with Gasteiger partial charge in [0, 0.05) is 23.9 Å². The molecule has 3 rings (SSSR count). The monoisotopic (exact) mass is 348 g/mol. The van der Waals surface area contributed by atoms with Gasteiger partial charge in [0.2, 0.25) is 5.91 Å². The number of Topliss-reactive ketones (excluding diaryl/α,β-unsaturated/α-hetero) is 1. The molecule has 0 atom stereocenters. The van der Waals surface area contributed by atoms with Gasteiger partial charge in [0.15, 0.2) is 11.4 Å². The van der Waals surface area contributed by atoms with Crippen LogP contribution in [0.4, 0.5) is 5.69 Å². The van der Waals surface area contributed by atoms with E-state index in [2.05, 4.69) is 20.5 Å². The standard InChI is InChI=1S/C15H13ClN4O2S/c1-8-10-6-9(7-17-15(10)20-19-8)18-14(22)5-2-11(21)12-3-4-13(16)23-12/h3-4,6-7H,2,5H2,1H3,(H,18,22)(H,17,19,20). The van der Waals surface area contributed by atoms with Gasteiger partial charge in [0.25, 0.3) is 0 Å². The van der Waals surface area contributed by atoms with E-state index in [4.69, 9.17) is 11.6 Å². The Morgan fingerprint density at radius 2 is 2.17 bits per heavy atom. The number of aromatic amines is 1. The van der Waals surface area contributed by atoms with Crippen molar-refractivity contribution in [2.75, 3.05) is 5.32 Å². The smallest absolute Gasteiger partial charge is 0.224 e. The normalized spacial score (nSPS) is 10.9. The van der Waals surface area contributed by atoms with Crippen LogP contribution in [0.15, 0.2) is 24.4 Å². The lowest BCUT2D eigenvalue weighted by atomic mass is 10.2. The number of thiophene rings is 1. The van der Waals surface area contributed by atoms with Crippen LogP contribution in [0.25, 0.3) is 11.0 Å². The summed E-state index contributed by atoms with van der Waals surface area (Å²) in [5, 5.41) is 10.5. The molecule has 0 unspecified atom stereocenters. The zero-order valence-corrected chi connectivity index (χ0v) is 13.8. The third kappa shape index (κ3) is 3.57. The molecule has 3 aromatic heterocycles. The fraction of sp³-hybridized carbons (Fsp3) is 0.200. The molecule has 8 heteroatoms. The predicted molar refractivity (Wildman–Crippen MR) is 90.1 cm³/mol. The fourth-order valence-electron chi connectivity index (χ4n) is 2.13. The second kappa shape index (κ2) is 6.47. The molecule has 0 aliphatic heterocycles. The number of anilines is 1. The zero-order chi connectivity index (χ0) is 16.4. The fourth-order valence-corrected chi connectivity index (χ4v) is 3.14. The van der Waals surface area contributed by atoms with E-state index in [1.165, 1.54) is 11.3 Å². The molecule has 6 nitrogen and oxygen atoms in total. The molecular weight excluding hydrogens is 336 g/mol. The molecular formula is C15H13ClN4O2S. The molecule has 118 valence electrons. The minimum Gasteiger partial charge on any atom is -0.325 e. The van der Waals surface area contributed by atoms with E-state index in [0.29, 0.717) is 20.5 Å². The number of amides is 1. The Morgan fingerprint density at radius 1 is 1.35 bits per heavy atom. The van der Waals surface area contributed by atoms with E-state index in [-0.39, 0.29) is 24.5 Å². The summed E-state index contributed by atoms with van der Waals surface area (Å²) in [5.74, 6) is -0.320. The maximum atomic E-state index is 12.0. The molecule has 0 saturated carbocycles. The molecule has 0 spiro atoms. The highest BCUT2D eigenvalue weighted by Gasteiger charge is 2.12. The van der Waals surface area contributed by atoms with Gasteiger partial charge < -0.3 is 5.32 Å². The number of nitrogens with one attached hydrogen (secondary N) is 2. The van der Waals surface area contributed by atoms with Gasteiger partial charge in [-0.15, -0.1) is 11.3 Å². The number of H-pyrrole nitrogens is 1. The first-order chi connectivity index (χ1) is 11.0. The van der Waals surface area contributed by atoms with E-state index in [9.17, 15) is 9.59 Å². The number of aryl methyl sites for hydroxylation is 1. The molecule has 0 aliphatic rings. The van der Waals surface area contributed by atoms with E-state index in [1.807, 2.05) is 6.92 Å². The highest BCUT2D eigenvalue weighted by molar-refractivity contribution is 7.18. The van der Waals surface area contributed by atoms with Crippen molar-refractivity contribution in [2.24, 2.45) is 0 Å². The van der Waals surface area contributed by atoms with Crippen LogP contribution in [-0.4, -0.2) is 26.9 Å². The van der Waals surface area contributed by atoms with Crippen LogP contribution in [0.5, 0.6) is 0 Å². The summed E-state index contributed by atoms with van der Waals surface area (Å²) in [6.07, 6.45) is 1.79. The number of carbonyl (C=O) groups excluding carboxylic acids is 2. The Kier molecular flexibility index (Phi) is 4.40. The second-order valence-electron chi connectivity index (χ2n) is 5.02. The van der Waals surface area contributed by atoms with Crippen molar-refractivity contribution in [3.05, 3.63) is 39.3 Å². The number of aromatic nitrogens is 3. The quantitative estimate of drug-likeness (QED) is 0.690. The number of hydrogen-bond donors (Lipinski definition) is 2. The summed E-state index contributed by atoms with van der Waals surface area (Å²) >= 11 is 7.02. The van der Waals surface area contributed by atoms with Gasteiger partial charge in [-0.25, -0.2) is 4.98 Å². The third-order valence-corrected chi connectivity index (χ3v) is 4.58. The molecule has 0 fully saturated rings. The van der Waals surface area contributed by atoms with Crippen LogP contribution >= 0.6 is 22.9 Å². The second-order valence-corrected chi connectivity index (χ2v) is 6.73. The SMILES string of the molecule is Cc1[nH]nc2ncc(NC(=O)CCC(=O)c3ccc(Cl)s3)cc12. The van der Waals surface area contributed by atoms with Crippen molar-refractivity contribution in [2.45, 2.75) is 19.8 Å². The third-order valence-electron chi connectivity index (χ3n) is 3.31. The minimum absolute atomic E-state index is 0.0868. The Hall–Kier alpha value is -2.25. The summed E-state index contributed by atoms with van der Waals surface area (Å²) in [7, 11) is 0. The maximum Gasteiger partial charge on any atom is 0.224 e. The number of ketones is 1.